The number of aromatic amines is 1. The molecule has 2 atom stereocenters. The van der Waals surface area contributed by atoms with E-state index in [0.717, 1.165) is 16.8 Å². The predicted molar refractivity (Wildman–Crippen MR) is 98.7 cm³/mol. The second-order valence-corrected chi connectivity index (χ2v) is 7.09. The number of benzene rings is 2. The molecule has 3 aromatic rings. The van der Waals surface area contributed by atoms with E-state index in [1.54, 1.807) is 6.33 Å². The standard InChI is InChI=1S/C19H20N3S/c1-13-3-5-15(6-4-13)19-11-23-10-14(2)22(19)16-7-8-17-18(9-16)21-12-20-17/h3-10,12,14,19H,11H2,1-2H3,(H,20,21). The molecule has 0 amide bonds. The summed E-state index contributed by atoms with van der Waals surface area (Å²) in [7, 11) is 0. The molecule has 0 saturated carbocycles. The van der Waals surface area contributed by atoms with Crippen LogP contribution in [0.4, 0.5) is 5.69 Å². The van der Waals surface area contributed by atoms with Gasteiger partial charge < -0.3 is 9.88 Å². The third-order valence-corrected chi connectivity index (χ3v) is 5.58. The molecular formula is C19H20N3S. The summed E-state index contributed by atoms with van der Waals surface area (Å²) in [5.41, 5.74) is 6.03. The molecule has 3 nitrogen and oxygen atoms in total. The van der Waals surface area contributed by atoms with Crippen molar-refractivity contribution in [1.29, 1.82) is 0 Å². The summed E-state index contributed by atoms with van der Waals surface area (Å²) in [6.45, 7) is 4.40. The summed E-state index contributed by atoms with van der Waals surface area (Å²) in [6, 6.07) is 16.2. The van der Waals surface area contributed by atoms with E-state index in [0.29, 0.717) is 12.1 Å². The van der Waals surface area contributed by atoms with Gasteiger partial charge >= 0.3 is 0 Å². The summed E-state index contributed by atoms with van der Waals surface area (Å²) < 4.78 is 0. The van der Waals surface area contributed by atoms with Gasteiger partial charge in [0.15, 0.2) is 0 Å². The molecule has 1 aromatic heterocycles. The zero-order chi connectivity index (χ0) is 15.8. The van der Waals surface area contributed by atoms with E-state index >= 15 is 0 Å². The summed E-state index contributed by atoms with van der Waals surface area (Å²) >= 11 is 1.93. The largest absolute Gasteiger partial charge is 0.360 e. The van der Waals surface area contributed by atoms with Crippen LogP contribution in [-0.2, 0) is 0 Å². The molecule has 4 rings (SSSR count). The molecule has 1 saturated heterocycles. The van der Waals surface area contributed by atoms with E-state index < -0.39 is 0 Å². The first kappa shape index (κ1) is 14.6. The third-order valence-electron chi connectivity index (χ3n) is 4.49. The molecule has 2 heterocycles. The normalized spacial score (nSPS) is 21.7. The lowest BCUT2D eigenvalue weighted by Gasteiger charge is -2.42. The number of fused-ring (bicyclic) bond motifs is 1. The van der Waals surface area contributed by atoms with Crippen molar-refractivity contribution < 1.29 is 0 Å². The number of thioether (sulfide) groups is 1. The smallest absolute Gasteiger partial charge is 0.0931 e. The van der Waals surface area contributed by atoms with E-state index in [2.05, 4.69) is 76.9 Å². The van der Waals surface area contributed by atoms with Crippen molar-refractivity contribution in [3.63, 3.8) is 0 Å². The fourth-order valence-electron chi connectivity index (χ4n) is 3.26. The number of nitrogens with zero attached hydrogens (tertiary/aromatic N) is 2. The van der Waals surface area contributed by atoms with Gasteiger partial charge in [-0.15, -0.1) is 0 Å². The van der Waals surface area contributed by atoms with Crippen molar-refractivity contribution in [2.75, 3.05) is 10.7 Å². The minimum Gasteiger partial charge on any atom is -0.360 e. The van der Waals surface area contributed by atoms with Crippen LogP contribution in [0.3, 0.4) is 0 Å². The molecule has 4 heteroatoms. The molecule has 0 aliphatic carbocycles. The molecular weight excluding hydrogens is 302 g/mol. The highest BCUT2D eigenvalue weighted by Crippen LogP contribution is 2.39. The lowest BCUT2D eigenvalue weighted by atomic mass is 10.0. The number of aryl methyl sites for hydroxylation is 1. The second kappa shape index (κ2) is 5.93. The van der Waals surface area contributed by atoms with Crippen LogP contribution in [0.15, 0.2) is 48.8 Å². The van der Waals surface area contributed by atoms with Crippen LogP contribution in [0.5, 0.6) is 0 Å². The first-order chi connectivity index (χ1) is 11.2. The van der Waals surface area contributed by atoms with Crippen LogP contribution >= 0.6 is 11.8 Å². The fourth-order valence-corrected chi connectivity index (χ4v) is 4.31. The van der Waals surface area contributed by atoms with Crippen LogP contribution in [0.2, 0.25) is 0 Å². The minimum absolute atomic E-state index is 0.386. The Balaban J connectivity index is 1.75. The van der Waals surface area contributed by atoms with Crippen LogP contribution < -0.4 is 4.90 Å². The number of hydrogen-bond donors (Lipinski definition) is 1. The molecule has 1 aliphatic rings. The van der Waals surface area contributed by atoms with E-state index in [-0.39, 0.29) is 0 Å². The lowest BCUT2D eigenvalue weighted by molar-refractivity contribution is 0.617. The molecule has 1 aliphatic heterocycles. The van der Waals surface area contributed by atoms with Gasteiger partial charge in [0, 0.05) is 23.2 Å². The third kappa shape index (κ3) is 2.72. The molecule has 1 radical (unpaired) electrons. The first-order valence-electron chi connectivity index (χ1n) is 7.95. The number of aromatic nitrogens is 2. The molecule has 23 heavy (non-hydrogen) atoms. The lowest BCUT2D eigenvalue weighted by Crippen LogP contribution is -2.41. The Labute approximate surface area is 141 Å². The van der Waals surface area contributed by atoms with Crippen LogP contribution in [-0.4, -0.2) is 21.8 Å². The first-order valence-corrected chi connectivity index (χ1v) is 9.00. The number of imidazole rings is 1. The maximum absolute atomic E-state index is 4.41. The van der Waals surface area contributed by atoms with Gasteiger partial charge in [-0.2, -0.15) is 11.8 Å². The van der Waals surface area contributed by atoms with Gasteiger partial charge in [-0.3, -0.25) is 0 Å². The van der Waals surface area contributed by atoms with Gasteiger partial charge in [0.1, 0.15) is 0 Å². The average Bonchev–Trinajstić information content (AvgIpc) is 3.03. The predicted octanol–water partition coefficient (Wildman–Crippen LogP) is 4.72. The summed E-state index contributed by atoms with van der Waals surface area (Å²) in [4.78, 5) is 10.1. The average molecular weight is 322 g/mol. The van der Waals surface area contributed by atoms with Crippen LogP contribution in [0.1, 0.15) is 24.1 Å². The van der Waals surface area contributed by atoms with E-state index in [9.17, 15) is 0 Å². The summed E-state index contributed by atoms with van der Waals surface area (Å²) in [6.07, 6.45) is 1.76. The Bertz CT molecular complexity index is 809. The highest BCUT2D eigenvalue weighted by Gasteiger charge is 2.30. The van der Waals surface area contributed by atoms with E-state index in [1.807, 2.05) is 11.8 Å². The molecule has 0 spiro atoms. The van der Waals surface area contributed by atoms with Crippen LogP contribution in [0, 0.1) is 12.7 Å². The monoisotopic (exact) mass is 322 g/mol. The quantitative estimate of drug-likeness (QED) is 0.741. The van der Waals surface area contributed by atoms with Crippen molar-refractivity contribution in [1.82, 2.24) is 9.97 Å². The molecule has 2 unspecified atom stereocenters. The second-order valence-electron chi connectivity index (χ2n) is 6.15. The Morgan fingerprint density at radius 1 is 1.17 bits per heavy atom. The van der Waals surface area contributed by atoms with Crippen molar-refractivity contribution >= 4 is 28.5 Å². The highest BCUT2D eigenvalue weighted by molar-refractivity contribution is 8.01. The SMILES string of the molecule is Cc1ccc(C2CS[CH]C(C)N2c2ccc3[nH]cnc3c2)cc1. The Morgan fingerprint density at radius 3 is 2.83 bits per heavy atom. The molecule has 1 fully saturated rings. The highest BCUT2D eigenvalue weighted by atomic mass is 32.2. The number of H-pyrrole nitrogens is 1. The maximum Gasteiger partial charge on any atom is 0.0931 e. The molecule has 117 valence electrons. The Kier molecular flexibility index (Phi) is 3.77. The van der Waals surface area contributed by atoms with Crippen molar-refractivity contribution in [3.8, 4) is 0 Å². The molecule has 2 aromatic carbocycles. The number of hydrogen-bond acceptors (Lipinski definition) is 3. The van der Waals surface area contributed by atoms with Crippen LogP contribution in [0.25, 0.3) is 11.0 Å². The minimum atomic E-state index is 0.386. The Morgan fingerprint density at radius 2 is 2.00 bits per heavy atom. The maximum atomic E-state index is 4.41. The van der Waals surface area contributed by atoms with Gasteiger partial charge in [-0.05, 0) is 37.6 Å². The number of nitrogens with one attached hydrogen (secondary N) is 1. The van der Waals surface area contributed by atoms with Gasteiger partial charge in [0.2, 0.25) is 0 Å². The van der Waals surface area contributed by atoms with E-state index in [4.69, 9.17) is 0 Å². The van der Waals surface area contributed by atoms with Gasteiger partial charge in [-0.1, -0.05) is 29.8 Å². The topological polar surface area (TPSA) is 31.9 Å². The molecule has 1 N–H and O–H groups in total. The zero-order valence-electron chi connectivity index (χ0n) is 13.4. The van der Waals surface area contributed by atoms with Crippen molar-refractivity contribution in [2.45, 2.75) is 25.9 Å². The summed E-state index contributed by atoms with van der Waals surface area (Å²) in [5.74, 6) is 3.41. The fraction of sp³-hybridized carbons (Fsp3) is 0.263. The number of rotatable bonds is 2. The Hall–Kier alpha value is -1.94. The number of anilines is 1. The van der Waals surface area contributed by atoms with Crippen molar-refractivity contribution in [2.24, 2.45) is 0 Å². The molecule has 0 bridgehead atoms. The summed E-state index contributed by atoms with van der Waals surface area (Å²) in [5, 5.41) is 0. The van der Waals surface area contributed by atoms with Crippen molar-refractivity contribution in [3.05, 3.63) is 65.7 Å². The zero-order valence-corrected chi connectivity index (χ0v) is 14.2. The van der Waals surface area contributed by atoms with Gasteiger partial charge in [-0.25, -0.2) is 4.98 Å². The van der Waals surface area contributed by atoms with Gasteiger partial charge in [0.05, 0.1) is 23.4 Å². The van der Waals surface area contributed by atoms with Gasteiger partial charge in [0.25, 0.3) is 0 Å². The van der Waals surface area contributed by atoms with E-state index in [1.165, 1.54) is 16.8 Å².